The summed E-state index contributed by atoms with van der Waals surface area (Å²) in [7, 11) is -3.27. The third kappa shape index (κ3) is 4.04. The van der Waals surface area contributed by atoms with Crippen LogP contribution in [0.3, 0.4) is 0 Å². The first-order valence-electron chi connectivity index (χ1n) is 6.21. The molecule has 19 heavy (non-hydrogen) atoms. The summed E-state index contributed by atoms with van der Waals surface area (Å²) < 4.78 is 22.0. The summed E-state index contributed by atoms with van der Waals surface area (Å²) in [6.45, 7) is 1.27. The van der Waals surface area contributed by atoms with Gasteiger partial charge in [-0.3, -0.25) is 4.79 Å². The number of hydrogen-bond donors (Lipinski definition) is 2. The van der Waals surface area contributed by atoms with Gasteiger partial charge >= 0.3 is 0 Å². The normalized spacial score (nSPS) is 18.7. The molecular formula is C13H18N2O3S. The van der Waals surface area contributed by atoms with Crippen molar-refractivity contribution in [3.63, 3.8) is 0 Å². The molecule has 1 aromatic rings. The van der Waals surface area contributed by atoms with E-state index in [4.69, 9.17) is 0 Å². The van der Waals surface area contributed by atoms with Gasteiger partial charge in [-0.05, 0) is 24.1 Å². The van der Waals surface area contributed by atoms with Crippen molar-refractivity contribution in [2.75, 3.05) is 25.1 Å². The molecule has 1 aromatic carbocycles. The summed E-state index contributed by atoms with van der Waals surface area (Å²) in [5, 5.41) is 6.00. The third-order valence-corrected chi connectivity index (χ3v) is 3.90. The first-order valence-corrected chi connectivity index (χ1v) is 8.27. The molecule has 5 nitrogen and oxygen atoms in total. The summed E-state index contributed by atoms with van der Waals surface area (Å²) in [6, 6.07) is 8.14. The van der Waals surface area contributed by atoms with Crippen LogP contribution in [0.2, 0.25) is 0 Å². The second-order valence-electron chi connectivity index (χ2n) is 4.83. The maximum absolute atomic E-state index is 11.5. The van der Waals surface area contributed by atoms with Gasteiger partial charge in [0.05, 0.1) is 0 Å². The Bertz CT molecular complexity index is 569. The third-order valence-electron chi connectivity index (χ3n) is 3.11. The fourth-order valence-corrected chi connectivity index (χ4v) is 2.86. The smallest absolute Gasteiger partial charge is 0.235 e. The quantitative estimate of drug-likeness (QED) is 0.817. The summed E-state index contributed by atoms with van der Waals surface area (Å²) in [5.74, 6) is -0.909. The number of benzene rings is 1. The van der Waals surface area contributed by atoms with Crippen LogP contribution in [-0.2, 0) is 21.1 Å². The van der Waals surface area contributed by atoms with Crippen LogP contribution in [0, 0.1) is 0 Å². The van der Waals surface area contributed by atoms with Gasteiger partial charge in [-0.2, -0.15) is 0 Å². The monoisotopic (exact) mass is 282 g/mol. The number of nitrogens with one attached hydrogen (secondary N) is 2. The lowest BCUT2D eigenvalue weighted by molar-refractivity contribution is -0.118. The van der Waals surface area contributed by atoms with Gasteiger partial charge in [-0.1, -0.05) is 24.3 Å². The molecule has 1 unspecified atom stereocenters. The Morgan fingerprint density at radius 1 is 1.42 bits per heavy atom. The second-order valence-corrected chi connectivity index (χ2v) is 6.97. The lowest BCUT2D eigenvalue weighted by Crippen LogP contribution is -2.40. The van der Waals surface area contributed by atoms with Gasteiger partial charge in [0.15, 0.2) is 9.84 Å². The number of hydrogen-bond acceptors (Lipinski definition) is 4. The van der Waals surface area contributed by atoms with E-state index in [0.717, 1.165) is 19.2 Å². The minimum atomic E-state index is -3.27. The molecule has 0 aliphatic carbocycles. The highest BCUT2D eigenvalue weighted by Crippen LogP contribution is 2.21. The molecule has 1 aliphatic rings. The molecule has 2 rings (SSSR count). The van der Waals surface area contributed by atoms with Crippen molar-refractivity contribution in [3.05, 3.63) is 35.4 Å². The van der Waals surface area contributed by atoms with E-state index in [0.29, 0.717) is 6.54 Å². The first-order chi connectivity index (χ1) is 8.96. The number of sulfone groups is 1. The molecule has 0 spiro atoms. The number of amides is 1. The highest BCUT2D eigenvalue weighted by atomic mass is 32.2. The number of carbonyl (C=O) groups excluding carboxylic acids is 1. The van der Waals surface area contributed by atoms with Gasteiger partial charge < -0.3 is 10.6 Å². The fraction of sp³-hybridized carbons (Fsp3) is 0.462. The van der Waals surface area contributed by atoms with E-state index in [2.05, 4.69) is 16.7 Å². The average Bonchev–Trinajstić information content (AvgIpc) is 2.34. The lowest BCUT2D eigenvalue weighted by atomic mass is 9.94. The zero-order chi connectivity index (χ0) is 13.9. The van der Waals surface area contributed by atoms with E-state index < -0.39 is 21.5 Å². The zero-order valence-corrected chi connectivity index (χ0v) is 11.7. The Balaban J connectivity index is 1.96. The fourth-order valence-electron chi connectivity index (χ4n) is 2.28. The summed E-state index contributed by atoms with van der Waals surface area (Å²) in [6.07, 6.45) is 2.03. The Hall–Kier alpha value is -1.40. The predicted molar refractivity (Wildman–Crippen MR) is 73.6 cm³/mol. The average molecular weight is 282 g/mol. The van der Waals surface area contributed by atoms with E-state index in [1.807, 2.05) is 18.2 Å². The van der Waals surface area contributed by atoms with E-state index >= 15 is 0 Å². The van der Waals surface area contributed by atoms with Gasteiger partial charge in [0.1, 0.15) is 5.75 Å². The van der Waals surface area contributed by atoms with Gasteiger partial charge in [0.2, 0.25) is 5.91 Å². The first kappa shape index (κ1) is 14.0. The Labute approximate surface area is 113 Å². The van der Waals surface area contributed by atoms with Crippen molar-refractivity contribution in [1.29, 1.82) is 0 Å². The molecule has 2 N–H and O–H groups in total. The Kier molecular flexibility index (Phi) is 4.21. The summed E-state index contributed by atoms with van der Waals surface area (Å²) in [5.41, 5.74) is 2.46. The highest BCUT2D eigenvalue weighted by molar-refractivity contribution is 7.91. The largest absolute Gasteiger partial charge is 0.353 e. The van der Waals surface area contributed by atoms with Gasteiger partial charge in [-0.15, -0.1) is 0 Å². The minimum Gasteiger partial charge on any atom is -0.353 e. The van der Waals surface area contributed by atoms with Gasteiger partial charge in [-0.25, -0.2) is 8.42 Å². The molecule has 1 heterocycles. The lowest BCUT2D eigenvalue weighted by Gasteiger charge is -2.27. The SMILES string of the molecule is CS(=O)(=O)CC(=O)NCC1NCCc2ccccc21. The van der Waals surface area contributed by atoms with Crippen molar-refractivity contribution < 1.29 is 13.2 Å². The number of carbonyl (C=O) groups is 1. The number of rotatable bonds is 4. The van der Waals surface area contributed by atoms with Crippen molar-refractivity contribution in [3.8, 4) is 0 Å². The molecule has 0 fully saturated rings. The second kappa shape index (κ2) is 5.71. The van der Waals surface area contributed by atoms with E-state index in [1.54, 1.807) is 0 Å². The Morgan fingerprint density at radius 3 is 2.89 bits per heavy atom. The van der Waals surface area contributed by atoms with Crippen molar-refractivity contribution in [2.24, 2.45) is 0 Å². The van der Waals surface area contributed by atoms with Crippen molar-refractivity contribution in [1.82, 2.24) is 10.6 Å². The van der Waals surface area contributed by atoms with E-state index in [-0.39, 0.29) is 6.04 Å². The van der Waals surface area contributed by atoms with Crippen LogP contribution in [0.5, 0.6) is 0 Å². The standard InChI is InChI=1S/C13H18N2O3S/c1-19(17,18)9-13(16)15-8-12-11-5-3-2-4-10(11)6-7-14-12/h2-5,12,14H,6-9H2,1H3,(H,15,16). The summed E-state index contributed by atoms with van der Waals surface area (Å²) >= 11 is 0. The molecule has 104 valence electrons. The zero-order valence-electron chi connectivity index (χ0n) is 10.8. The Morgan fingerprint density at radius 2 is 2.16 bits per heavy atom. The molecule has 1 aliphatic heterocycles. The van der Waals surface area contributed by atoms with Crippen LogP contribution < -0.4 is 10.6 Å². The van der Waals surface area contributed by atoms with Crippen LogP contribution in [0.4, 0.5) is 0 Å². The number of fused-ring (bicyclic) bond motifs is 1. The molecular weight excluding hydrogens is 264 g/mol. The van der Waals surface area contributed by atoms with Crippen LogP contribution in [0.15, 0.2) is 24.3 Å². The van der Waals surface area contributed by atoms with Gasteiger partial charge in [0.25, 0.3) is 0 Å². The molecule has 0 radical (unpaired) electrons. The summed E-state index contributed by atoms with van der Waals surface area (Å²) in [4.78, 5) is 11.5. The van der Waals surface area contributed by atoms with Crippen LogP contribution in [0.1, 0.15) is 17.2 Å². The van der Waals surface area contributed by atoms with Crippen LogP contribution >= 0.6 is 0 Å². The van der Waals surface area contributed by atoms with Crippen molar-refractivity contribution in [2.45, 2.75) is 12.5 Å². The van der Waals surface area contributed by atoms with Crippen LogP contribution in [0.25, 0.3) is 0 Å². The molecule has 0 saturated carbocycles. The van der Waals surface area contributed by atoms with Gasteiger partial charge in [0, 0.05) is 18.8 Å². The van der Waals surface area contributed by atoms with E-state index in [9.17, 15) is 13.2 Å². The molecule has 1 amide bonds. The maximum atomic E-state index is 11.5. The molecule has 0 aromatic heterocycles. The molecule has 0 saturated heterocycles. The molecule has 1 atom stereocenters. The predicted octanol–water partition coefficient (Wildman–Crippen LogP) is 0.0342. The molecule has 6 heteroatoms. The minimum absolute atomic E-state index is 0.0495. The molecule has 0 bridgehead atoms. The van der Waals surface area contributed by atoms with Crippen molar-refractivity contribution >= 4 is 15.7 Å². The topological polar surface area (TPSA) is 75.3 Å². The van der Waals surface area contributed by atoms with Crippen LogP contribution in [-0.4, -0.2) is 39.4 Å². The van der Waals surface area contributed by atoms with E-state index in [1.165, 1.54) is 11.1 Å². The maximum Gasteiger partial charge on any atom is 0.235 e. The highest BCUT2D eigenvalue weighted by Gasteiger charge is 2.20.